The maximum absolute atomic E-state index is 12.5. The van der Waals surface area contributed by atoms with Crippen LogP contribution in [0.3, 0.4) is 0 Å². The zero-order valence-electron chi connectivity index (χ0n) is 14.6. The number of rotatable bonds is 7. The molecular weight excluding hydrogens is 326 g/mol. The molecule has 0 saturated carbocycles. The number of hydrogen-bond acceptors (Lipinski definition) is 6. The molecule has 1 aromatic rings. The molecule has 3 atom stereocenters. The molecule has 1 amide bonds. The minimum Gasteiger partial charge on any atom is -0.467 e. The Labute approximate surface area is 147 Å². The molecule has 0 aromatic heterocycles. The minimum atomic E-state index is -0.743. The summed E-state index contributed by atoms with van der Waals surface area (Å²) in [6.07, 6.45) is -0.371. The number of nitrogens with zero attached hydrogens (tertiary/aromatic N) is 1. The van der Waals surface area contributed by atoms with E-state index in [2.05, 4.69) is 0 Å². The first-order valence-corrected chi connectivity index (χ1v) is 8.36. The summed E-state index contributed by atoms with van der Waals surface area (Å²) in [6.45, 7) is 2.63. The molecule has 0 bridgehead atoms. The number of methoxy groups -OCH3 is 1. The highest BCUT2D eigenvalue weighted by Crippen LogP contribution is 2.28. The third-order valence-corrected chi connectivity index (χ3v) is 4.31. The molecule has 0 unspecified atom stereocenters. The molecule has 0 aliphatic carbocycles. The third-order valence-electron chi connectivity index (χ3n) is 4.31. The summed E-state index contributed by atoms with van der Waals surface area (Å²) in [4.78, 5) is 26.0. The van der Waals surface area contributed by atoms with Gasteiger partial charge in [-0.05, 0) is 12.0 Å². The normalized spacial score (nSPS) is 22.7. The van der Waals surface area contributed by atoms with Crippen LogP contribution in [-0.2, 0) is 25.6 Å². The molecule has 2 rings (SSSR count). The van der Waals surface area contributed by atoms with E-state index in [0.717, 1.165) is 5.56 Å². The van der Waals surface area contributed by atoms with Crippen LogP contribution in [0, 0.1) is 5.92 Å². The molecule has 0 radical (unpaired) electrons. The number of likely N-dealkylation sites (tertiary alicyclic amines) is 1. The molecule has 0 spiro atoms. The van der Waals surface area contributed by atoms with Crippen molar-refractivity contribution in [2.24, 2.45) is 5.92 Å². The van der Waals surface area contributed by atoms with E-state index in [1.165, 1.54) is 12.0 Å². The first-order chi connectivity index (χ1) is 12.1. The van der Waals surface area contributed by atoms with Gasteiger partial charge in [0.2, 0.25) is 0 Å². The smallest absolute Gasteiger partial charge is 0.410 e. The Balaban J connectivity index is 2.01. The number of hydrogen-bond donors (Lipinski definition) is 1. The lowest BCUT2D eigenvalue weighted by atomic mass is 10.0. The summed E-state index contributed by atoms with van der Waals surface area (Å²) in [6, 6.07) is 8.59. The van der Waals surface area contributed by atoms with E-state index in [1.54, 1.807) is 0 Å². The topological polar surface area (TPSA) is 85.3 Å². The Bertz CT molecular complexity index is 564. The Morgan fingerprint density at radius 3 is 2.64 bits per heavy atom. The molecule has 1 aliphatic rings. The number of ether oxygens (including phenoxy) is 3. The van der Waals surface area contributed by atoms with Crippen LogP contribution in [0.25, 0.3) is 0 Å². The van der Waals surface area contributed by atoms with E-state index < -0.39 is 18.1 Å². The molecule has 1 saturated heterocycles. The molecule has 1 fully saturated rings. The second kappa shape index (κ2) is 9.39. The van der Waals surface area contributed by atoms with Crippen molar-refractivity contribution in [1.29, 1.82) is 0 Å². The second-order valence-electron chi connectivity index (χ2n) is 6.01. The van der Waals surface area contributed by atoms with Crippen LogP contribution >= 0.6 is 0 Å². The molecule has 1 N–H and O–H groups in total. The lowest BCUT2D eigenvalue weighted by molar-refractivity contribution is -0.146. The summed E-state index contributed by atoms with van der Waals surface area (Å²) < 4.78 is 15.9. The van der Waals surface area contributed by atoms with Crippen molar-refractivity contribution >= 4 is 12.1 Å². The van der Waals surface area contributed by atoms with Crippen LogP contribution in [0.4, 0.5) is 4.79 Å². The largest absolute Gasteiger partial charge is 0.467 e. The van der Waals surface area contributed by atoms with Crippen LogP contribution in [0.2, 0.25) is 0 Å². The minimum absolute atomic E-state index is 0.0321. The standard InChI is InChI=1S/C18H25NO6/c1-13-15(24-10-6-9-20)11-19(16(13)17(21)23-2)18(22)25-12-14-7-4-3-5-8-14/h3-5,7-8,13,15-16,20H,6,9-12H2,1-2H3/t13-,15+,16-/m1/s1. The molecular formula is C18H25NO6. The first kappa shape index (κ1) is 19.2. The van der Waals surface area contributed by atoms with Gasteiger partial charge in [-0.2, -0.15) is 0 Å². The van der Waals surface area contributed by atoms with Crippen LogP contribution in [0.5, 0.6) is 0 Å². The van der Waals surface area contributed by atoms with Crippen molar-refractivity contribution in [2.75, 3.05) is 26.9 Å². The van der Waals surface area contributed by atoms with Crippen molar-refractivity contribution in [2.45, 2.75) is 32.1 Å². The molecule has 7 heteroatoms. The Kier molecular flexibility index (Phi) is 7.21. The van der Waals surface area contributed by atoms with E-state index in [0.29, 0.717) is 13.0 Å². The SMILES string of the molecule is COC(=O)[C@H]1[C@H](C)[C@@H](OCCCO)CN1C(=O)OCc1ccccc1. The van der Waals surface area contributed by atoms with Gasteiger partial charge in [0.1, 0.15) is 12.6 Å². The van der Waals surface area contributed by atoms with E-state index in [4.69, 9.17) is 19.3 Å². The van der Waals surface area contributed by atoms with Crippen LogP contribution in [0.15, 0.2) is 30.3 Å². The maximum Gasteiger partial charge on any atom is 0.410 e. The van der Waals surface area contributed by atoms with Gasteiger partial charge in [-0.15, -0.1) is 0 Å². The van der Waals surface area contributed by atoms with Crippen LogP contribution in [0.1, 0.15) is 18.9 Å². The summed E-state index contributed by atoms with van der Waals surface area (Å²) in [5.41, 5.74) is 0.869. The third kappa shape index (κ3) is 4.93. The van der Waals surface area contributed by atoms with Gasteiger partial charge in [0, 0.05) is 19.1 Å². The van der Waals surface area contributed by atoms with Gasteiger partial charge in [0.25, 0.3) is 0 Å². The fourth-order valence-electron chi connectivity index (χ4n) is 2.92. The Hall–Kier alpha value is -2.12. The fraction of sp³-hybridized carbons (Fsp3) is 0.556. The molecule has 1 aliphatic heterocycles. The first-order valence-electron chi connectivity index (χ1n) is 8.36. The average Bonchev–Trinajstić information content (AvgIpc) is 2.97. The van der Waals surface area contributed by atoms with Crippen LogP contribution < -0.4 is 0 Å². The monoisotopic (exact) mass is 351 g/mol. The molecule has 25 heavy (non-hydrogen) atoms. The second-order valence-corrected chi connectivity index (χ2v) is 6.01. The van der Waals surface area contributed by atoms with Crippen molar-refractivity contribution < 1.29 is 28.9 Å². The average molecular weight is 351 g/mol. The number of carbonyl (C=O) groups is 2. The van der Waals surface area contributed by atoms with Crippen molar-refractivity contribution in [3.05, 3.63) is 35.9 Å². The highest BCUT2D eigenvalue weighted by Gasteiger charge is 2.47. The van der Waals surface area contributed by atoms with E-state index in [1.807, 2.05) is 37.3 Å². The van der Waals surface area contributed by atoms with Gasteiger partial charge in [0.05, 0.1) is 19.8 Å². The molecule has 7 nitrogen and oxygen atoms in total. The van der Waals surface area contributed by atoms with Gasteiger partial charge in [-0.25, -0.2) is 9.59 Å². The molecule has 1 aromatic carbocycles. The number of benzene rings is 1. The number of esters is 1. The maximum atomic E-state index is 12.5. The number of aliphatic hydroxyl groups excluding tert-OH is 1. The number of aliphatic hydroxyl groups is 1. The Morgan fingerprint density at radius 2 is 2.00 bits per heavy atom. The number of amides is 1. The fourth-order valence-corrected chi connectivity index (χ4v) is 2.92. The zero-order chi connectivity index (χ0) is 18.2. The van der Waals surface area contributed by atoms with Crippen molar-refractivity contribution in [3.8, 4) is 0 Å². The highest BCUT2D eigenvalue weighted by atomic mass is 16.6. The number of carbonyl (C=O) groups excluding carboxylic acids is 2. The summed E-state index contributed by atoms with van der Waals surface area (Å²) in [5.74, 6) is -0.715. The van der Waals surface area contributed by atoms with Gasteiger partial charge in [-0.3, -0.25) is 4.90 Å². The molecule has 1 heterocycles. The summed E-state index contributed by atoms with van der Waals surface area (Å²) in [7, 11) is 1.29. The van der Waals surface area contributed by atoms with Gasteiger partial charge < -0.3 is 19.3 Å². The van der Waals surface area contributed by atoms with Crippen molar-refractivity contribution in [3.63, 3.8) is 0 Å². The zero-order valence-corrected chi connectivity index (χ0v) is 14.6. The summed E-state index contributed by atoms with van der Waals surface area (Å²) >= 11 is 0. The molecule has 138 valence electrons. The predicted octanol–water partition coefficient (Wildman–Crippen LogP) is 1.58. The van der Waals surface area contributed by atoms with Crippen LogP contribution in [-0.4, -0.2) is 61.1 Å². The van der Waals surface area contributed by atoms with Gasteiger partial charge >= 0.3 is 12.1 Å². The quantitative estimate of drug-likeness (QED) is 0.593. The van der Waals surface area contributed by atoms with Gasteiger partial charge in [0.15, 0.2) is 0 Å². The van der Waals surface area contributed by atoms with E-state index in [9.17, 15) is 9.59 Å². The lowest BCUT2D eigenvalue weighted by Gasteiger charge is -2.23. The van der Waals surface area contributed by atoms with E-state index >= 15 is 0 Å². The predicted molar refractivity (Wildman–Crippen MR) is 89.7 cm³/mol. The highest BCUT2D eigenvalue weighted by molar-refractivity contribution is 5.82. The lowest BCUT2D eigenvalue weighted by Crippen LogP contribution is -2.43. The Morgan fingerprint density at radius 1 is 1.28 bits per heavy atom. The van der Waals surface area contributed by atoms with Crippen molar-refractivity contribution in [1.82, 2.24) is 4.90 Å². The summed E-state index contributed by atoms with van der Waals surface area (Å²) in [5, 5.41) is 8.86. The van der Waals surface area contributed by atoms with Gasteiger partial charge in [-0.1, -0.05) is 37.3 Å². The van der Waals surface area contributed by atoms with E-state index in [-0.39, 0.29) is 31.8 Å².